The summed E-state index contributed by atoms with van der Waals surface area (Å²) < 4.78 is 0. The highest BCUT2D eigenvalue weighted by Crippen LogP contribution is 2.38. The molecule has 0 fully saturated rings. The summed E-state index contributed by atoms with van der Waals surface area (Å²) in [6.45, 7) is 4.93. The van der Waals surface area contributed by atoms with Crippen LogP contribution in [0.4, 0.5) is 11.4 Å². The molecule has 10 heteroatoms. The molecule has 1 aromatic heterocycles. The van der Waals surface area contributed by atoms with E-state index in [9.17, 15) is 9.59 Å². The number of thioether (sulfide) groups is 1. The van der Waals surface area contributed by atoms with Gasteiger partial charge in [-0.2, -0.15) is 5.10 Å². The van der Waals surface area contributed by atoms with Crippen molar-refractivity contribution in [2.75, 3.05) is 22.5 Å². The Labute approximate surface area is 188 Å². The number of carbonyl (C=O) groups excluding carboxylic acids is 2. The minimum absolute atomic E-state index is 0.0244. The van der Waals surface area contributed by atoms with Gasteiger partial charge in [-0.05, 0) is 48.1 Å². The van der Waals surface area contributed by atoms with E-state index >= 15 is 0 Å². The van der Waals surface area contributed by atoms with E-state index in [0.29, 0.717) is 33.2 Å². The Morgan fingerprint density at radius 3 is 2.83 bits per heavy atom. The van der Waals surface area contributed by atoms with Crippen molar-refractivity contribution in [3.63, 3.8) is 0 Å². The number of benzene rings is 1. The Bertz CT molecular complexity index is 976. The summed E-state index contributed by atoms with van der Waals surface area (Å²) in [5.74, 6) is 0.579. The molecule has 2 aliphatic heterocycles. The van der Waals surface area contributed by atoms with Crippen LogP contribution in [0.3, 0.4) is 0 Å². The standard InChI is InChI=1S/C20H22ClN5O2S2/c1-12(2)7-9-25-18(28)17-15(8-10-29-17)26-19(25)23-24-20(26)30-11-16(27)22-14-5-3-13(21)4-6-14/h3-6,8,10,12,19,23H,7,9,11H2,1-2H3,(H,22,27). The van der Waals surface area contributed by atoms with Crippen LogP contribution in [-0.4, -0.2) is 40.5 Å². The number of carbonyl (C=O) groups is 2. The third kappa shape index (κ3) is 4.28. The number of rotatable bonds is 6. The molecule has 30 heavy (non-hydrogen) atoms. The molecular formula is C20H22ClN5O2S2. The molecule has 2 N–H and O–H groups in total. The molecule has 2 aliphatic rings. The van der Waals surface area contributed by atoms with Gasteiger partial charge in [0.2, 0.25) is 12.2 Å². The molecule has 0 bridgehead atoms. The van der Waals surface area contributed by atoms with Crippen LogP contribution < -0.4 is 15.6 Å². The number of nitrogens with zero attached hydrogens (tertiary/aromatic N) is 3. The Kier molecular flexibility index (Phi) is 6.21. The average molecular weight is 464 g/mol. The molecule has 0 spiro atoms. The topological polar surface area (TPSA) is 77.0 Å². The van der Waals surface area contributed by atoms with Crippen LogP contribution in [0.25, 0.3) is 0 Å². The third-order valence-electron chi connectivity index (χ3n) is 4.79. The summed E-state index contributed by atoms with van der Waals surface area (Å²) in [4.78, 5) is 29.9. The second kappa shape index (κ2) is 8.87. The van der Waals surface area contributed by atoms with Crippen molar-refractivity contribution in [3.05, 3.63) is 45.6 Å². The minimum atomic E-state index is -0.361. The van der Waals surface area contributed by atoms with E-state index in [1.807, 2.05) is 21.2 Å². The lowest BCUT2D eigenvalue weighted by Crippen LogP contribution is -2.58. The SMILES string of the molecule is CC(C)CCN1C(=O)c2sccc2N2C(SCC(=O)Nc3ccc(Cl)cc3)=NNC12. The van der Waals surface area contributed by atoms with Gasteiger partial charge in [0.15, 0.2) is 5.17 Å². The zero-order valence-corrected chi connectivity index (χ0v) is 19.0. The van der Waals surface area contributed by atoms with Gasteiger partial charge >= 0.3 is 0 Å². The molecular weight excluding hydrogens is 442 g/mol. The molecule has 1 unspecified atom stereocenters. The van der Waals surface area contributed by atoms with Crippen molar-refractivity contribution in [2.24, 2.45) is 11.0 Å². The largest absolute Gasteiger partial charge is 0.325 e. The number of hydrogen-bond acceptors (Lipinski definition) is 7. The number of anilines is 2. The summed E-state index contributed by atoms with van der Waals surface area (Å²) >= 11 is 8.65. The van der Waals surface area contributed by atoms with E-state index in [1.165, 1.54) is 23.1 Å². The second-order valence-electron chi connectivity index (χ2n) is 7.43. The fourth-order valence-corrected chi connectivity index (χ4v) is 5.00. The van der Waals surface area contributed by atoms with Gasteiger partial charge in [0.1, 0.15) is 4.88 Å². The molecule has 0 saturated carbocycles. The summed E-state index contributed by atoms with van der Waals surface area (Å²) in [5, 5.41) is 10.5. The zero-order chi connectivity index (χ0) is 21.3. The molecule has 7 nitrogen and oxygen atoms in total. The fourth-order valence-electron chi connectivity index (χ4n) is 3.25. The van der Waals surface area contributed by atoms with E-state index in [1.54, 1.807) is 24.3 Å². The van der Waals surface area contributed by atoms with Crippen molar-refractivity contribution in [1.82, 2.24) is 10.3 Å². The van der Waals surface area contributed by atoms with Crippen LogP contribution in [0.2, 0.25) is 5.02 Å². The van der Waals surface area contributed by atoms with Crippen LogP contribution in [0.5, 0.6) is 0 Å². The van der Waals surface area contributed by atoms with Crippen LogP contribution in [0.1, 0.15) is 29.9 Å². The molecule has 2 aromatic rings. The minimum Gasteiger partial charge on any atom is -0.325 e. The van der Waals surface area contributed by atoms with Gasteiger partial charge in [0.25, 0.3) is 5.91 Å². The van der Waals surface area contributed by atoms with E-state index in [0.717, 1.165) is 12.1 Å². The number of thiophene rings is 1. The lowest BCUT2D eigenvalue weighted by molar-refractivity contribution is -0.113. The lowest BCUT2D eigenvalue weighted by atomic mass is 10.1. The Morgan fingerprint density at radius 2 is 2.10 bits per heavy atom. The predicted molar refractivity (Wildman–Crippen MR) is 124 cm³/mol. The number of hydrogen-bond donors (Lipinski definition) is 2. The molecule has 1 atom stereocenters. The fraction of sp³-hybridized carbons (Fsp3) is 0.350. The van der Waals surface area contributed by atoms with Crippen LogP contribution >= 0.6 is 34.7 Å². The summed E-state index contributed by atoms with van der Waals surface area (Å²) in [5.41, 5.74) is 4.61. The highest BCUT2D eigenvalue weighted by Gasteiger charge is 2.43. The van der Waals surface area contributed by atoms with Crippen LogP contribution in [0, 0.1) is 5.92 Å². The van der Waals surface area contributed by atoms with Gasteiger partial charge in [-0.15, -0.1) is 11.3 Å². The zero-order valence-electron chi connectivity index (χ0n) is 16.6. The van der Waals surface area contributed by atoms with E-state index < -0.39 is 0 Å². The normalized spacial score (nSPS) is 17.5. The quantitative estimate of drug-likeness (QED) is 0.670. The molecule has 3 heterocycles. The molecule has 0 radical (unpaired) electrons. The maximum atomic E-state index is 13.0. The summed E-state index contributed by atoms with van der Waals surface area (Å²) in [6.07, 6.45) is 0.546. The molecule has 4 rings (SSSR count). The number of amides is 2. The highest BCUT2D eigenvalue weighted by atomic mass is 35.5. The summed E-state index contributed by atoms with van der Waals surface area (Å²) in [6, 6.07) is 8.91. The van der Waals surface area contributed by atoms with Crippen LogP contribution in [0.15, 0.2) is 40.8 Å². The van der Waals surface area contributed by atoms with Gasteiger partial charge in [-0.3, -0.25) is 24.8 Å². The lowest BCUT2D eigenvalue weighted by Gasteiger charge is -2.39. The van der Waals surface area contributed by atoms with Gasteiger partial charge in [-0.25, -0.2) is 0 Å². The Morgan fingerprint density at radius 1 is 1.33 bits per heavy atom. The van der Waals surface area contributed by atoms with Gasteiger partial charge in [0.05, 0.1) is 11.4 Å². The van der Waals surface area contributed by atoms with Gasteiger partial charge < -0.3 is 5.32 Å². The molecule has 2 amide bonds. The van der Waals surface area contributed by atoms with E-state index in [2.05, 4.69) is 29.7 Å². The smallest absolute Gasteiger partial charge is 0.269 e. The number of amidine groups is 1. The van der Waals surface area contributed by atoms with E-state index in [-0.39, 0.29) is 23.9 Å². The van der Waals surface area contributed by atoms with Crippen molar-refractivity contribution in [3.8, 4) is 0 Å². The monoisotopic (exact) mass is 463 g/mol. The van der Waals surface area contributed by atoms with Gasteiger partial charge in [0, 0.05) is 17.3 Å². The van der Waals surface area contributed by atoms with Crippen molar-refractivity contribution >= 4 is 63.1 Å². The Hall–Kier alpha value is -2.23. The summed E-state index contributed by atoms with van der Waals surface area (Å²) in [7, 11) is 0. The number of hydrazone groups is 1. The molecule has 0 aliphatic carbocycles. The number of nitrogens with one attached hydrogen (secondary N) is 2. The first kappa shape index (κ1) is 21.0. The van der Waals surface area contributed by atoms with Crippen molar-refractivity contribution < 1.29 is 9.59 Å². The first-order chi connectivity index (χ1) is 14.4. The predicted octanol–water partition coefficient (Wildman–Crippen LogP) is 4.24. The maximum Gasteiger partial charge on any atom is 0.269 e. The third-order valence-corrected chi connectivity index (χ3v) is 6.88. The molecule has 1 aromatic carbocycles. The average Bonchev–Trinajstić information content (AvgIpc) is 3.35. The van der Waals surface area contributed by atoms with E-state index in [4.69, 9.17) is 11.6 Å². The van der Waals surface area contributed by atoms with Crippen molar-refractivity contribution in [2.45, 2.75) is 26.6 Å². The first-order valence-electron chi connectivity index (χ1n) is 9.63. The van der Waals surface area contributed by atoms with Crippen molar-refractivity contribution in [1.29, 1.82) is 0 Å². The van der Waals surface area contributed by atoms with Crippen LogP contribution in [-0.2, 0) is 4.79 Å². The highest BCUT2D eigenvalue weighted by molar-refractivity contribution is 8.14. The number of fused-ring (bicyclic) bond motifs is 3. The number of halogens is 1. The second-order valence-corrected chi connectivity index (χ2v) is 9.72. The first-order valence-corrected chi connectivity index (χ1v) is 11.9. The molecule has 0 saturated heterocycles. The van der Waals surface area contributed by atoms with Gasteiger partial charge in [-0.1, -0.05) is 37.2 Å². The maximum absolute atomic E-state index is 13.0. The Balaban J connectivity index is 1.44. The molecule has 158 valence electrons.